The van der Waals surface area contributed by atoms with Gasteiger partial charge in [-0.25, -0.2) is 9.18 Å². The zero-order valence-electron chi connectivity index (χ0n) is 7.33. The van der Waals surface area contributed by atoms with Crippen molar-refractivity contribution in [1.29, 1.82) is 0 Å². The molecule has 0 aliphatic heterocycles. The molecule has 1 atom stereocenters. The Morgan fingerprint density at radius 2 is 2.21 bits per heavy atom. The predicted octanol–water partition coefficient (Wildman–Crippen LogP) is 2.25. The summed E-state index contributed by atoms with van der Waals surface area (Å²) in [4.78, 5) is 10.7. The van der Waals surface area contributed by atoms with Crippen molar-refractivity contribution in [3.05, 3.63) is 34.6 Å². The number of carbonyl (C=O) groups is 1. The predicted molar refractivity (Wildman–Crippen MR) is 48.8 cm³/mol. The molecule has 0 aliphatic rings. The summed E-state index contributed by atoms with van der Waals surface area (Å²) in [5.74, 6) is -1.77. The third-order valence-corrected chi connectivity index (χ3v) is 1.87. The van der Waals surface area contributed by atoms with E-state index in [-0.39, 0.29) is 10.6 Å². The van der Waals surface area contributed by atoms with E-state index in [4.69, 9.17) is 16.7 Å². The van der Waals surface area contributed by atoms with Crippen molar-refractivity contribution in [2.24, 2.45) is 0 Å². The van der Waals surface area contributed by atoms with Gasteiger partial charge < -0.3 is 9.84 Å². The molecule has 5 heteroatoms. The minimum atomic E-state index is -1.19. The second-order valence-electron chi connectivity index (χ2n) is 2.66. The van der Waals surface area contributed by atoms with E-state index in [0.717, 1.165) is 12.1 Å². The largest absolute Gasteiger partial charge is 0.479 e. The van der Waals surface area contributed by atoms with E-state index in [1.54, 1.807) is 0 Å². The van der Waals surface area contributed by atoms with Gasteiger partial charge >= 0.3 is 5.97 Å². The van der Waals surface area contributed by atoms with Gasteiger partial charge in [-0.1, -0.05) is 11.6 Å². The maximum absolute atomic E-state index is 12.9. The number of hydrogen-bond acceptors (Lipinski definition) is 2. The molecule has 1 aromatic carbocycles. The number of carboxylic acid groups (broad SMARTS) is 1. The molecule has 0 aromatic heterocycles. The molecular weight excluding hydrogens is 211 g/mol. The monoisotopic (exact) mass is 218 g/mol. The molecule has 0 spiro atoms. The minimum Gasteiger partial charge on any atom is -0.479 e. The zero-order valence-corrected chi connectivity index (χ0v) is 8.08. The molecule has 0 saturated carbocycles. The van der Waals surface area contributed by atoms with Gasteiger partial charge in [-0.15, -0.1) is 0 Å². The summed E-state index contributed by atoms with van der Waals surface area (Å²) in [7, 11) is 1.23. The van der Waals surface area contributed by atoms with Crippen LogP contribution >= 0.6 is 11.6 Å². The summed E-state index contributed by atoms with van der Waals surface area (Å²) in [6.45, 7) is 0. The second kappa shape index (κ2) is 4.39. The van der Waals surface area contributed by atoms with Crippen LogP contribution < -0.4 is 0 Å². The SMILES string of the molecule is COC(C(=O)O)c1cc(F)cc(Cl)c1. The Labute approximate surface area is 85.1 Å². The van der Waals surface area contributed by atoms with Crippen LogP contribution in [-0.4, -0.2) is 18.2 Å². The fraction of sp³-hybridized carbons (Fsp3) is 0.222. The third kappa shape index (κ3) is 2.43. The normalized spacial score (nSPS) is 12.5. The van der Waals surface area contributed by atoms with Crippen molar-refractivity contribution in [3.8, 4) is 0 Å². The molecule has 0 amide bonds. The number of halogens is 2. The van der Waals surface area contributed by atoms with Crippen molar-refractivity contribution in [2.75, 3.05) is 7.11 Å². The third-order valence-electron chi connectivity index (χ3n) is 1.65. The van der Waals surface area contributed by atoms with Crippen molar-refractivity contribution in [2.45, 2.75) is 6.10 Å². The van der Waals surface area contributed by atoms with E-state index in [9.17, 15) is 9.18 Å². The molecular formula is C9H8ClFO3. The van der Waals surface area contributed by atoms with Crippen LogP contribution in [0.1, 0.15) is 11.7 Å². The molecule has 1 N–H and O–H groups in total. The molecule has 0 fully saturated rings. The van der Waals surface area contributed by atoms with E-state index in [0.29, 0.717) is 0 Å². The first kappa shape index (κ1) is 10.9. The molecule has 0 aliphatic carbocycles. The Morgan fingerprint density at radius 1 is 1.57 bits per heavy atom. The summed E-state index contributed by atoms with van der Waals surface area (Å²) in [6, 6.07) is 3.53. The van der Waals surface area contributed by atoms with Crippen molar-refractivity contribution < 1.29 is 19.0 Å². The Bertz CT molecular complexity index is 334. The van der Waals surface area contributed by atoms with Crippen molar-refractivity contribution in [3.63, 3.8) is 0 Å². The molecule has 1 unspecified atom stereocenters. The average Bonchev–Trinajstić information content (AvgIpc) is 2.02. The van der Waals surface area contributed by atoms with Crippen LogP contribution in [0.4, 0.5) is 4.39 Å². The van der Waals surface area contributed by atoms with Crippen LogP contribution in [0.3, 0.4) is 0 Å². The van der Waals surface area contributed by atoms with Crippen LogP contribution in [0.5, 0.6) is 0 Å². The van der Waals surface area contributed by atoms with Crippen LogP contribution in [0, 0.1) is 5.82 Å². The van der Waals surface area contributed by atoms with Crippen molar-refractivity contribution in [1.82, 2.24) is 0 Å². The summed E-state index contributed by atoms with van der Waals surface area (Å²) in [5.41, 5.74) is 0.185. The summed E-state index contributed by atoms with van der Waals surface area (Å²) in [5, 5.41) is 8.86. The molecule has 0 bridgehead atoms. The van der Waals surface area contributed by atoms with E-state index in [2.05, 4.69) is 4.74 Å². The van der Waals surface area contributed by atoms with Gasteiger partial charge in [0.2, 0.25) is 0 Å². The average molecular weight is 219 g/mol. The van der Waals surface area contributed by atoms with Crippen LogP contribution in [-0.2, 0) is 9.53 Å². The summed E-state index contributed by atoms with van der Waals surface area (Å²) in [6.07, 6.45) is -1.19. The molecule has 0 radical (unpaired) electrons. The Hall–Kier alpha value is -1.13. The summed E-state index contributed by atoms with van der Waals surface area (Å²) < 4.78 is 17.5. The van der Waals surface area contributed by atoms with E-state index in [1.165, 1.54) is 13.2 Å². The van der Waals surface area contributed by atoms with Gasteiger partial charge in [0.15, 0.2) is 6.10 Å². The van der Waals surface area contributed by atoms with Gasteiger partial charge in [0.05, 0.1) is 0 Å². The Kier molecular flexibility index (Phi) is 3.43. The Balaban J connectivity index is 3.10. The molecule has 3 nitrogen and oxygen atoms in total. The lowest BCUT2D eigenvalue weighted by molar-refractivity contribution is -0.148. The minimum absolute atomic E-state index is 0.142. The molecule has 1 rings (SSSR count). The molecule has 76 valence electrons. The van der Waals surface area contributed by atoms with Gasteiger partial charge in [0.1, 0.15) is 5.82 Å². The smallest absolute Gasteiger partial charge is 0.337 e. The highest BCUT2D eigenvalue weighted by molar-refractivity contribution is 6.30. The standard InChI is InChI=1S/C9H8ClFO3/c1-14-8(9(12)13)5-2-6(10)4-7(11)3-5/h2-4,8H,1H3,(H,12,13). The van der Waals surface area contributed by atoms with Gasteiger partial charge in [-0.3, -0.25) is 0 Å². The van der Waals surface area contributed by atoms with Crippen LogP contribution in [0.25, 0.3) is 0 Å². The lowest BCUT2D eigenvalue weighted by Gasteiger charge is -2.10. The number of ether oxygens (including phenoxy) is 1. The number of carboxylic acids is 1. The maximum Gasteiger partial charge on any atom is 0.337 e. The highest BCUT2D eigenvalue weighted by Crippen LogP contribution is 2.22. The second-order valence-corrected chi connectivity index (χ2v) is 3.09. The van der Waals surface area contributed by atoms with Gasteiger partial charge in [0.25, 0.3) is 0 Å². The number of aliphatic carboxylic acids is 1. The van der Waals surface area contributed by atoms with Gasteiger partial charge in [-0.05, 0) is 23.8 Å². The first-order valence-electron chi connectivity index (χ1n) is 3.76. The van der Waals surface area contributed by atoms with E-state index in [1.807, 2.05) is 0 Å². The van der Waals surface area contributed by atoms with Crippen molar-refractivity contribution >= 4 is 17.6 Å². The molecule has 1 aromatic rings. The summed E-state index contributed by atoms with van der Waals surface area (Å²) >= 11 is 5.57. The molecule has 14 heavy (non-hydrogen) atoms. The number of rotatable bonds is 3. The number of methoxy groups -OCH3 is 1. The van der Waals surface area contributed by atoms with E-state index < -0.39 is 17.9 Å². The first-order chi connectivity index (χ1) is 6.54. The highest BCUT2D eigenvalue weighted by Gasteiger charge is 2.19. The Morgan fingerprint density at radius 3 is 2.64 bits per heavy atom. The lowest BCUT2D eigenvalue weighted by atomic mass is 10.1. The van der Waals surface area contributed by atoms with Crippen LogP contribution in [0.2, 0.25) is 5.02 Å². The highest BCUT2D eigenvalue weighted by atomic mass is 35.5. The van der Waals surface area contributed by atoms with E-state index >= 15 is 0 Å². The lowest BCUT2D eigenvalue weighted by Crippen LogP contribution is -2.13. The fourth-order valence-corrected chi connectivity index (χ4v) is 1.34. The maximum atomic E-state index is 12.9. The zero-order chi connectivity index (χ0) is 10.7. The molecule has 0 heterocycles. The first-order valence-corrected chi connectivity index (χ1v) is 4.14. The fourth-order valence-electron chi connectivity index (χ4n) is 1.11. The topological polar surface area (TPSA) is 46.5 Å². The quantitative estimate of drug-likeness (QED) is 0.847. The number of hydrogen-bond donors (Lipinski definition) is 1. The van der Waals surface area contributed by atoms with Crippen LogP contribution in [0.15, 0.2) is 18.2 Å². The number of benzene rings is 1. The molecule has 0 saturated heterocycles. The van der Waals surface area contributed by atoms with Gasteiger partial charge in [0, 0.05) is 12.1 Å². The van der Waals surface area contributed by atoms with Gasteiger partial charge in [-0.2, -0.15) is 0 Å².